The molecule has 1 saturated heterocycles. The maximum Gasteiger partial charge on any atom is 0.143 e. The average Bonchev–Trinajstić information content (AvgIpc) is 2.44. The van der Waals surface area contributed by atoms with E-state index in [0.29, 0.717) is 17.6 Å². The number of aromatic nitrogens is 2. The summed E-state index contributed by atoms with van der Waals surface area (Å²) >= 11 is 0. The number of hydrogen-bond acceptors (Lipinski definition) is 6. The van der Waals surface area contributed by atoms with Gasteiger partial charge in [0.15, 0.2) is 0 Å². The predicted octanol–water partition coefficient (Wildman–Crippen LogP) is 1.31. The lowest BCUT2D eigenvalue weighted by Gasteiger charge is -2.45. The lowest BCUT2D eigenvalue weighted by molar-refractivity contribution is 0.242. The van der Waals surface area contributed by atoms with Crippen LogP contribution < -0.4 is 15.4 Å². The second-order valence-corrected chi connectivity index (χ2v) is 5.63. The Kier molecular flexibility index (Phi) is 3.98. The first-order valence-corrected chi connectivity index (χ1v) is 7.25. The third kappa shape index (κ3) is 2.52. The molecule has 0 radical (unpaired) electrons. The van der Waals surface area contributed by atoms with Gasteiger partial charge < -0.3 is 20.3 Å². The fourth-order valence-corrected chi connectivity index (χ4v) is 2.68. The van der Waals surface area contributed by atoms with Gasteiger partial charge in [0, 0.05) is 19.1 Å². The molecular formula is C15H20FN5O. The molecule has 1 aliphatic rings. The molecule has 0 atom stereocenters. The van der Waals surface area contributed by atoms with Crippen LogP contribution in [0.25, 0.3) is 10.9 Å². The van der Waals surface area contributed by atoms with Crippen molar-refractivity contribution < 1.29 is 9.13 Å². The Morgan fingerprint density at radius 1 is 1.36 bits per heavy atom. The molecule has 2 aromatic rings. The normalized spacial score (nSPS) is 15.4. The van der Waals surface area contributed by atoms with E-state index in [1.54, 1.807) is 0 Å². The Morgan fingerprint density at radius 2 is 2.14 bits per heavy atom. The van der Waals surface area contributed by atoms with E-state index < -0.39 is 6.67 Å². The van der Waals surface area contributed by atoms with Gasteiger partial charge in [0.2, 0.25) is 0 Å². The van der Waals surface area contributed by atoms with Crippen molar-refractivity contribution in [1.82, 2.24) is 14.9 Å². The number of fused-ring (bicyclic) bond motifs is 1. The standard InChI is InChI=1S/C15H20FN5O/c1-20(2)10-7-21(8-10)14-12(22-6-5-16)4-3-11-13(14)15(17)19-9-18-11/h3-4,9-10H,5-8H2,1-2H3,(H2,17,18,19). The number of ether oxygens (including phenoxy) is 1. The number of benzene rings is 1. The Labute approximate surface area is 128 Å². The highest BCUT2D eigenvalue weighted by Crippen LogP contribution is 2.40. The van der Waals surface area contributed by atoms with E-state index >= 15 is 0 Å². The van der Waals surface area contributed by atoms with Crippen LogP contribution in [0.3, 0.4) is 0 Å². The Morgan fingerprint density at radius 3 is 2.82 bits per heavy atom. The Balaban J connectivity index is 2.03. The summed E-state index contributed by atoms with van der Waals surface area (Å²) in [6, 6.07) is 4.13. The topological polar surface area (TPSA) is 67.5 Å². The van der Waals surface area contributed by atoms with Crippen molar-refractivity contribution in [3.05, 3.63) is 18.5 Å². The molecular weight excluding hydrogens is 285 g/mol. The number of halogens is 1. The smallest absolute Gasteiger partial charge is 0.143 e. The van der Waals surface area contributed by atoms with Crippen molar-refractivity contribution in [3.8, 4) is 5.75 Å². The first kappa shape index (κ1) is 14.8. The van der Waals surface area contributed by atoms with Crippen LogP contribution >= 0.6 is 0 Å². The van der Waals surface area contributed by atoms with Crippen LogP contribution in [0.1, 0.15) is 0 Å². The molecule has 0 aliphatic carbocycles. The lowest BCUT2D eigenvalue weighted by Crippen LogP contribution is -2.57. The predicted molar refractivity (Wildman–Crippen MR) is 85.1 cm³/mol. The van der Waals surface area contributed by atoms with Crippen molar-refractivity contribution >= 4 is 22.4 Å². The summed E-state index contributed by atoms with van der Waals surface area (Å²) in [5.74, 6) is 1.04. The van der Waals surface area contributed by atoms with Gasteiger partial charge in [-0.1, -0.05) is 0 Å². The highest BCUT2D eigenvalue weighted by Gasteiger charge is 2.32. The Hall–Kier alpha value is -2.15. The van der Waals surface area contributed by atoms with Gasteiger partial charge >= 0.3 is 0 Å². The Bertz CT molecular complexity index is 672. The van der Waals surface area contributed by atoms with Crippen LogP contribution in [0.15, 0.2) is 18.5 Å². The van der Waals surface area contributed by atoms with E-state index in [-0.39, 0.29) is 6.61 Å². The quantitative estimate of drug-likeness (QED) is 0.898. The summed E-state index contributed by atoms with van der Waals surface area (Å²) in [6.45, 7) is 1.23. The second-order valence-electron chi connectivity index (χ2n) is 5.63. The fourth-order valence-electron chi connectivity index (χ4n) is 2.68. The van der Waals surface area contributed by atoms with Crippen molar-refractivity contribution in [3.63, 3.8) is 0 Å². The molecule has 7 heteroatoms. The van der Waals surface area contributed by atoms with Gasteiger partial charge in [-0.25, -0.2) is 14.4 Å². The molecule has 0 unspecified atom stereocenters. The SMILES string of the molecule is CN(C)C1CN(c2c(OCCF)ccc3ncnc(N)c23)C1. The van der Waals surface area contributed by atoms with Gasteiger partial charge in [0.05, 0.1) is 16.6 Å². The fraction of sp³-hybridized carbons (Fsp3) is 0.467. The summed E-state index contributed by atoms with van der Waals surface area (Å²) in [4.78, 5) is 12.7. The van der Waals surface area contributed by atoms with E-state index in [1.807, 2.05) is 12.1 Å². The van der Waals surface area contributed by atoms with Gasteiger partial charge in [-0.15, -0.1) is 0 Å². The zero-order chi connectivity index (χ0) is 15.7. The summed E-state index contributed by atoms with van der Waals surface area (Å²) < 4.78 is 18.0. The number of nitrogen functional groups attached to an aromatic ring is 1. The third-order valence-corrected chi connectivity index (χ3v) is 4.01. The first-order chi connectivity index (χ1) is 10.6. The maximum atomic E-state index is 12.5. The molecule has 0 saturated carbocycles. The zero-order valence-corrected chi connectivity index (χ0v) is 12.8. The highest BCUT2D eigenvalue weighted by atomic mass is 19.1. The second kappa shape index (κ2) is 5.92. The number of nitrogens with two attached hydrogens (primary N) is 1. The molecule has 1 aromatic heterocycles. The molecule has 1 aromatic carbocycles. The summed E-state index contributed by atoms with van der Waals surface area (Å²) in [5.41, 5.74) is 7.68. The van der Waals surface area contributed by atoms with Crippen LogP contribution in [-0.4, -0.2) is 61.4 Å². The van der Waals surface area contributed by atoms with Crippen molar-refractivity contribution in [2.75, 3.05) is 51.1 Å². The minimum absolute atomic E-state index is 0.0249. The van der Waals surface area contributed by atoms with Crippen LogP contribution in [-0.2, 0) is 0 Å². The van der Waals surface area contributed by atoms with Crippen LogP contribution in [0.2, 0.25) is 0 Å². The lowest BCUT2D eigenvalue weighted by atomic mass is 10.0. The van der Waals surface area contributed by atoms with Crippen molar-refractivity contribution in [2.45, 2.75) is 6.04 Å². The van der Waals surface area contributed by atoms with Crippen LogP contribution in [0, 0.1) is 0 Å². The van der Waals surface area contributed by atoms with E-state index in [1.165, 1.54) is 6.33 Å². The average molecular weight is 305 g/mol. The van der Waals surface area contributed by atoms with Gasteiger partial charge in [0.1, 0.15) is 31.2 Å². The number of nitrogens with zero attached hydrogens (tertiary/aromatic N) is 4. The van der Waals surface area contributed by atoms with E-state index in [9.17, 15) is 4.39 Å². The van der Waals surface area contributed by atoms with Gasteiger partial charge in [-0.05, 0) is 26.2 Å². The molecule has 2 N–H and O–H groups in total. The van der Waals surface area contributed by atoms with Gasteiger partial charge in [0.25, 0.3) is 0 Å². The molecule has 2 heterocycles. The molecule has 0 amide bonds. The van der Waals surface area contributed by atoms with E-state index in [2.05, 4.69) is 33.9 Å². The van der Waals surface area contributed by atoms with Gasteiger partial charge in [-0.2, -0.15) is 0 Å². The van der Waals surface area contributed by atoms with Crippen molar-refractivity contribution in [1.29, 1.82) is 0 Å². The largest absolute Gasteiger partial charge is 0.489 e. The molecule has 0 spiro atoms. The summed E-state index contributed by atoms with van der Waals surface area (Å²) in [5, 5.41) is 0.774. The zero-order valence-electron chi connectivity index (χ0n) is 12.8. The number of rotatable bonds is 5. The molecule has 118 valence electrons. The first-order valence-electron chi connectivity index (χ1n) is 7.25. The molecule has 0 bridgehead atoms. The number of likely N-dealkylation sites (N-methyl/N-ethyl adjacent to an activating group) is 1. The molecule has 1 aliphatic heterocycles. The third-order valence-electron chi connectivity index (χ3n) is 4.01. The monoisotopic (exact) mass is 305 g/mol. The molecule has 1 fully saturated rings. The number of hydrogen-bond donors (Lipinski definition) is 1. The molecule has 6 nitrogen and oxygen atoms in total. The highest BCUT2D eigenvalue weighted by molar-refractivity contribution is 6.02. The minimum Gasteiger partial charge on any atom is -0.489 e. The summed E-state index contributed by atoms with van der Waals surface area (Å²) in [7, 11) is 4.12. The van der Waals surface area contributed by atoms with Gasteiger partial charge in [-0.3, -0.25) is 0 Å². The van der Waals surface area contributed by atoms with E-state index in [0.717, 1.165) is 29.7 Å². The molecule has 3 rings (SSSR count). The van der Waals surface area contributed by atoms with Crippen molar-refractivity contribution in [2.24, 2.45) is 0 Å². The summed E-state index contributed by atoms with van der Waals surface area (Å²) in [6.07, 6.45) is 1.45. The number of alkyl halides is 1. The molecule has 22 heavy (non-hydrogen) atoms. The van der Waals surface area contributed by atoms with Crippen LogP contribution in [0.5, 0.6) is 5.75 Å². The van der Waals surface area contributed by atoms with Crippen LogP contribution in [0.4, 0.5) is 15.9 Å². The maximum absolute atomic E-state index is 12.5. The van der Waals surface area contributed by atoms with E-state index in [4.69, 9.17) is 10.5 Å². The minimum atomic E-state index is -0.529. The number of anilines is 2.